The molecule has 0 fully saturated rings. The Bertz CT molecular complexity index is 1710. The first-order valence-electron chi connectivity index (χ1n) is 12.8. The Morgan fingerprint density at radius 3 is 2.48 bits per heavy atom. The molecule has 4 aromatic carbocycles. The van der Waals surface area contributed by atoms with Crippen LogP contribution in [-0.4, -0.2) is 50.1 Å². The van der Waals surface area contributed by atoms with E-state index in [4.69, 9.17) is 14.6 Å². The second kappa shape index (κ2) is 15.0. The number of carbonyl (C=O) groups excluding carboxylic acids is 1. The van der Waals surface area contributed by atoms with Gasteiger partial charge in [-0.15, -0.1) is 0 Å². The van der Waals surface area contributed by atoms with Crippen molar-refractivity contribution in [2.75, 3.05) is 5.32 Å². The number of aliphatic imine (C=N–C) groups is 1. The van der Waals surface area contributed by atoms with Crippen LogP contribution >= 0.6 is 27.7 Å². The van der Waals surface area contributed by atoms with Crippen molar-refractivity contribution in [2.24, 2.45) is 4.99 Å². The Kier molecular flexibility index (Phi) is 11.2. The maximum atomic E-state index is 12.6. The van der Waals surface area contributed by atoms with Gasteiger partial charge in [-0.1, -0.05) is 58.4 Å². The SMILES string of the molecule is CC(=O)O.N#Cc1ccccc1-c1ccc(COc2ccc(Br)cc2/C=C2/SC(Nc3cc[c]([Na])cc3)=NC2=O)cc1. The van der Waals surface area contributed by atoms with E-state index in [1.54, 1.807) is 0 Å². The topological polar surface area (TPSA) is 112 Å². The standard InChI is InChI=1S/C30H19BrN3O2S.C2H4O2.Na/c31-24-14-15-27(36-19-20-10-12-21(13-11-20)26-9-5-4-6-22(26)18-32)23(16-24)17-28-29(35)34-30(37-28)33-25-7-2-1-3-8-25;1-2(3)4;/h2-17H,19H2,(H,33,34,35);1H3,(H,3,4);/b28-17+;;. The fraction of sp³-hybridized carbons (Fsp3) is 0.0625. The summed E-state index contributed by atoms with van der Waals surface area (Å²) < 4.78 is 8.35. The summed E-state index contributed by atoms with van der Waals surface area (Å²) in [4.78, 5) is 26.3. The summed E-state index contributed by atoms with van der Waals surface area (Å²) in [7, 11) is 0. The number of amides is 1. The molecular weight excluding hydrogens is 625 g/mol. The number of amidine groups is 1. The van der Waals surface area contributed by atoms with Crippen LogP contribution in [-0.2, 0) is 16.2 Å². The molecule has 1 amide bonds. The Balaban J connectivity index is 0.000000952. The van der Waals surface area contributed by atoms with E-state index in [1.165, 1.54) is 14.6 Å². The normalized spacial score (nSPS) is 13.1. The molecule has 0 aliphatic carbocycles. The number of rotatable bonds is 6. The summed E-state index contributed by atoms with van der Waals surface area (Å²) in [6.07, 6.45) is 1.81. The van der Waals surface area contributed by atoms with E-state index < -0.39 is 5.97 Å². The second-order valence-electron chi connectivity index (χ2n) is 9.17. The van der Waals surface area contributed by atoms with Crippen molar-refractivity contribution in [3.05, 3.63) is 117 Å². The molecule has 2 N–H and O–H groups in total. The third-order valence-electron chi connectivity index (χ3n) is 5.89. The van der Waals surface area contributed by atoms with E-state index in [1.807, 2.05) is 84.9 Å². The minimum atomic E-state index is -0.833. The van der Waals surface area contributed by atoms with Crippen molar-refractivity contribution in [1.82, 2.24) is 0 Å². The van der Waals surface area contributed by atoms with Gasteiger partial charge in [0.05, 0.1) is 11.6 Å². The number of carboxylic acid groups (broad SMARTS) is 1. The molecule has 1 heterocycles. The molecule has 0 spiro atoms. The van der Waals surface area contributed by atoms with Crippen LogP contribution in [0.5, 0.6) is 5.75 Å². The molecule has 1 aliphatic rings. The van der Waals surface area contributed by atoms with Crippen LogP contribution in [0.25, 0.3) is 17.2 Å². The van der Waals surface area contributed by atoms with Gasteiger partial charge in [0.1, 0.15) is 6.61 Å². The van der Waals surface area contributed by atoms with Crippen LogP contribution in [0, 0.1) is 11.3 Å². The van der Waals surface area contributed by atoms with Gasteiger partial charge >= 0.3 is 142 Å². The number of nitrogens with zero attached hydrogens (tertiary/aromatic N) is 2. The number of halogens is 1. The minimum absolute atomic E-state index is 0.281. The number of carboxylic acids is 1. The van der Waals surface area contributed by atoms with Crippen LogP contribution in [0.1, 0.15) is 23.6 Å². The maximum absolute atomic E-state index is 12.6. The molecule has 0 saturated carbocycles. The molecule has 4 aromatic rings. The number of nitriles is 1. The van der Waals surface area contributed by atoms with Gasteiger partial charge in [0.25, 0.3) is 5.97 Å². The smallest absolute Gasteiger partial charge is 0.0539 e. The molecular formula is C32H23BrN3NaO4S. The van der Waals surface area contributed by atoms with E-state index in [-0.39, 0.29) is 5.91 Å². The number of carbonyl (C=O) groups is 2. The van der Waals surface area contributed by atoms with Crippen molar-refractivity contribution in [3.63, 3.8) is 0 Å². The van der Waals surface area contributed by atoms with Gasteiger partial charge in [0, 0.05) is 6.92 Å². The van der Waals surface area contributed by atoms with Gasteiger partial charge in [0.15, 0.2) is 0 Å². The number of benzene rings is 4. The van der Waals surface area contributed by atoms with Gasteiger partial charge in [-0.25, -0.2) is 0 Å². The summed E-state index contributed by atoms with van der Waals surface area (Å²) in [6.45, 7) is 1.44. The van der Waals surface area contributed by atoms with Crippen molar-refractivity contribution in [2.45, 2.75) is 13.5 Å². The zero-order valence-electron chi connectivity index (χ0n) is 22.8. The minimum Gasteiger partial charge on any atom is -0.0550 e. The van der Waals surface area contributed by atoms with Gasteiger partial charge < -0.3 is 5.11 Å². The number of hydrogen-bond donors (Lipinski definition) is 2. The van der Waals surface area contributed by atoms with Crippen molar-refractivity contribution in [1.29, 1.82) is 5.26 Å². The molecule has 0 aromatic heterocycles. The molecule has 0 unspecified atom stereocenters. The number of nitrogens with one attached hydrogen (secondary N) is 1. The molecule has 0 bridgehead atoms. The van der Waals surface area contributed by atoms with Crippen molar-refractivity contribution < 1.29 is 19.4 Å². The molecule has 204 valence electrons. The van der Waals surface area contributed by atoms with E-state index in [9.17, 15) is 10.1 Å². The van der Waals surface area contributed by atoms with Gasteiger partial charge in [0.2, 0.25) is 0 Å². The summed E-state index contributed by atoms with van der Waals surface area (Å²) in [5.74, 6) is -0.451. The molecule has 0 radical (unpaired) electrons. The number of anilines is 1. The van der Waals surface area contributed by atoms with Crippen LogP contribution in [0.2, 0.25) is 0 Å². The number of thioether (sulfide) groups is 1. The number of hydrogen-bond acceptors (Lipinski definition) is 6. The zero-order valence-corrected chi connectivity index (χ0v) is 27.2. The van der Waals surface area contributed by atoms with Crippen molar-refractivity contribution in [3.8, 4) is 22.9 Å². The summed E-state index contributed by atoms with van der Waals surface area (Å²) in [5.41, 5.74) is 5.21. The third-order valence-corrected chi connectivity index (χ3v) is 7.95. The van der Waals surface area contributed by atoms with Crippen LogP contribution in [0.4, 0.5) is 5.69 Å². The van der Waals surface area contributed by atoms with E-state index in [0.717, 1.165) is 67.3 Å². The van der Waals surface area contributed by atoms with E-state index in [2.05, 4.69) is 44.4 Å². The van der Waals surface area contributed by atoms with Crippen molar-refractivity contribution >= 4 is 87.2 Å². The van der Waals surface area contributed by atoms with Crippen LogP contribution in [0.15, 0.2) is 105 Å². The molecule has 0 atom stereocenters. The molecule has 7 nitrogen and oxygen atoms in total. The predicted molar refractivity (Wildman–Crippen MR) is 172 cm³/mol. The fourth-order valence-corrected chi connectivity index (χ4v) is 5.44. The number of aliphatic carboxylic acids is 1. The third kappa shape index (κ3) is 8.92. The molecule has 0 saturated heterocycles. The van der Waals surface area contributed by atoms with Gasteiger partial charge in [-0.05, 0) is 28.8 Å². The molecule has 42 heavy (non-hydrogen) atoms. The first-order valence-corrected chi connectivity index (χ1v) is 15.4. The first-order chi connectivity index (χ1) is 20.2. The average molecular weight is 649 g/mol. The van der Waals surface area contributed by atoms with Gasteiger partial charge in [-0.2, -0.15) is 5.26 Å². The fourth-order valence-electron chi connectivity index (χ4n) is 3.90. The molecule has 5 rings (SSSR count). The monoisotopic (exact) mass is 647 g/mol. The molecule has 1 aliphatic heterocycles. The zero-order chi connectivity index (χ0) is 30.1. The largest absolute Gasteiger partial charge is 0.0550 e. The predicted octanol–water partition coefficient (Wildman–Crippen LogP) is 6.53. The van der Waals surface area contributed by atoms with E-state index in [0.29, 0.717) is 28.0 Å². The Labute approximate surface area is 273 Å². The van der Waals surface area contributed by atoms with E-state index >= 15 is 0 Å². The summed E-state index contributed by atoms with van der Waals surface area (Å²) >= 11 is 5.83. The average Bonchev–Trinajstić information content (AvgIpc) is 3.31. The molecule has 10 heteroatoms. The maximum Gasteiger partial charge on any atom is -0.0539 e. The summed E-state index contributed by atoms with van der Waals surface area (Å²) in [5, 5.41) is 20.6. The quantitative estimate of drug-likeness (QED) is 0.181. The summed E-state index contributed by atoms with van der Waals surface area (Å²) in [6, 6.07) is 31.6. The Hall–Kier alpha value is -3.65. The van der Waals surface area contributed by atoms with Crippen LogP contribution < -0.4 is 12.9 Å². The van der Waals surface area contributed by atoms with Gasteiger partial charge in [-0.3, -0.25) is 4.79 Å². The first kappa shape index (κ1) is 31.3. The second-order valence-corrected chi connectivity index (χ2v) is 12.3. The van der Waals surface area contributed by atoms with Crippen LogP contribution in [0.3, 0.4) is 0 Å². The number of ether oxygens (including phenoxy) is 1. The Morgan fingerprint density at radius 1 is 1.10 bits per heavy atom. The Morgan fingerprint density at radius 2 is 1.79 bits per heavy atom.